The Balaban J connectivity index is 1.78. The maximum absolute atomic E-state index is 12.9. The van der Waals surface area contributed by atoms with Crippen LogP contribution in [0, 0.1) is 18.2 Å². The van der Waals surface area contributed by atoms with Crippen LogP contribution in [0.3, 0.4) is 0 Å². The van der Waals surface area contributed by atoms with Crippen LogP contribution in [0.1, 0.15) is 16.1 Å². The van der Waals surface area contributed by atoms with Gasteiger partial charge in [0.1, 0.15) is 11.6 Å². The topological polar surface area (TPSA) is 42.2 Å². The lowest BCUT2D eigenvalue weighted by Crippen LogP contribution is -2.10. The van der Waals surface area contributed by atoms with Crippen molar-refractivity contribution in [2.75, 3.05) is 5.32 Å². The molecule has 0 saturated carbocycles. The molecule has 0 unspecified atom stereocenters. The van der Waals surface area contributed by atoms with Gasteiger partial charge in [-0.3, -0.25) is 4.79 Å². The highest BCUT2D eigenvalue weighted by molar-refractivity contribution is 6.02. The molecule has 0 radical (unpaired) electrons. The fourth-order valence-corrected chi connectivity index (χ4v) is 2.11. The molecule has 1 aromatic heterocycles. The number of terminal acetylenes is 1. The highest BCUT2D eigenvalue weighted by Gasteiger charge is 2.12. The number of furan rings is 1. The van der Waals surface area contributed by atoms with Crippen molar-refractivity contribution in [2.24, 2.45) is 0 Å². The van der Waals surface area contributed by atoms with Crippen molar-refractivity contribution < 1.29 is 13.6 Å². The predicted octanol–water partition coefficient (Wildman–Crippen LogP) is 4.32. The average molecular weight is 305 g/mol. The van der Waals surface area contributed by atoms with Gasteiger partial charge in [-0.1, -0.05) is 12.0 Å². The molecule has 23 heavy (non-hydrogen) atoms. The van der Waals surface area contributed by atoms with Gasteiger partial charge in [0.25, 0.3) is 5.91 Å². The fraction of sp³-hybridized carbons (Fsp3) is 0. The van der Waals surface area contributed by atoms with Gasteiger partial charge in [-0.05, 0) is 54.6 Å². The van der Waals surface area contributed by atoms with Crippen LogP contribution in [0.25, 0.3) is 11.3 Å². The van der Waals surface area contributed by atoms with Crippen molar-refractivity contribution in [1.29, 1.82) is 0 Å². The molecule has 1 heterocycles. The molecule has 1 N–H and O–H groups in total. The largest absolute Gasteiger partial charge is 0.451 e. The summed E-state index contributed by atoms with van der Waals surface area (Å²) in [5.74, 6) is 2.45. The lowest BCUT2D eigenvalue weighted by molar-refractivity contribution is 0.0997. The van der Waals surface area contributed by atoms with E-state index in [9.17, 15) is 9.18 Å². The van der Waals surface area contributed by atoms with E-state index in [4.69, 9.17) is 10.8 Å². The average Bonchev–Trinajstić information content (AvgIpc) is 3.06. The van der Waals surface area contributed by atoms with Crippen molar-refractivity contribution >= 4 is 11.6 Å². The zero-order valence-corrected chi connectivity index (χ0v) is 12.0. The first-order chi connectivity index (χ1) is 11.2. The summed E-state index contributed by atoms with van der Waals surface area (Å²) >= 11 is 0. The summed E-state index contributed by atoms with van der Waals surface area (Å²) in [6, 6.07) is 16.1. The van der Waals surface area contributed by atoms with Crippen LogP contribution in [0.5, 0.6) is 0 Å². The summed E-state index contributed by atoms with van der Waals surface area (Å²) in [4.78, 5) is 12.2. The number of anilines is 1. The third-order valence-corrected chi connectivity index (χ3v) is 3.25. The number of halogens is 1. The van der Waals surface area contributed by atoms with E-state index < -0.39 is 0 Å². The van der Waals surface area contributed by atoms with Crippen LogP contribution >= 0.6 is 0 Å². The molecule has 0 fully saturated rings. The molecule has 0 bridgehead atoms. The molecule has 0 atom stereocenters. The summed E-state index contributed by atoms with van der Waals surface area (Å²) in [5.41, 5.74) is 1.96. The lowest BCUT2D eigenvalue weighted by Gasteiger charge is -2.03. The lowest BCUT2D eigenvalue weighted by atomic mass is 10.2. The van der Waals surface area contributed by atoms with Crippen molar-refractivity contribution in [3.63, 3.8) is 0 Å². The first-order valence-electron chi connectivity index (χ1n) is 6.89. The molecule has 0 aliphatic heterocycles. The number of amides is 1. The fourth-order valence-electron chi connectivity index (χ4n) is 2.11. The van der Waals surface area contributed by atoms with E-state index in [1.165, 1.54) is 12.1 Å². The van der Waals surface area contributed by atoms with Gasteiger partial charge in [-0.25, -0.2) is 4.39 Å². The number of benzene rings is 2. The smallest absolute Gasteiger partial charge is 0.291 e. The highest BCUT2D eigenvalue weighted by Crippen LogP contribution is 2.23. The molecule has 1 amide bonds. The van der Waals surface area contributed by atoms with E-state index in [2.05, 4.69) is 11.2 Å². The third-order valence-electron chi connectivity index (χ3n) is 3.25. The SMILES string of the molecule is C#Cc1cccc(NC(=O)c2ccc(-c3ccc(F)cc3)o2)c1. The second kappa shape index (κ2) is 6.20. The van der Waals surface area contributed by atoms with Gasteiger partial charge in [-0.2, -0.15) is 0 Å². The summed E-state index contributed by atoms with van der Waals surface area (Å²) in [5, 5.41) is 2.72. The third kappa shape index (κ3) is 3.30. The van der Waals surface area contributed by atoms with Gasteiger partial charge in [0, 0.05) is 16.8 Å². The quantitative estimate of drug-likeness (QED) is 0.732. The van der Waals surface area contributed by atoms with Crippen molar-refractivity contribution in [3.8, 4) is 23.7 Å². The number of carbonyl (C=O) groups is 1. The summed E-state index contributed by atoms with van der Waals surface area (Å²) < 4.78 is 18.5. The second-order valence-corrected chi connectivity index (χ2v) is 4.85. The van der Waals surface area contributed by atoms with E-state index in [1.807, 2.05) is 0 Å². The number of hydrogen-bond acceptors (Lipinski definition) is 2. The number of hydrogen-bond donors (Lipinski definition) is 1. The second-order valence-electron chi connectivity index (χ2n) is 4.85. The van der Waals surface area contributed by atoms with Gasteiger partial charge < -0.3 is 9.73 Å². The van der Waals surface area contributed by atoms with Crippen LogP contribution in [0.2, 0.25) is 0 Å². The van der Waals surface area contributed by atoms with Gasteiger partial charge in [0.15, 0.2) is 5.76 Å². The molecule has 0 aliphatic rings. The van der Waals surface area contributed by atoms with Gasteiger partial charge in [0.2, 0.25) is 0 Å². The van der Waals surface area contributed by atoms with E-state index in [0.29, 0.717) is 22.6 Å². The Labute approximate surface area is 132 Å². The molecule has 4 heteroatoms. The first-order valence-corrected chi connectivity index (χ1v) is 6.89. The van der Waals surface area contributed by atoms with Crippen LogP contribution in [0.4, 0.5) is 10.1 Å². The Morgan fingerprint density at radius 2 is 1.87 bits per heavy atom. The van der Waals surface area contributed by atoms with E-state index >= 15 is 0 Å². The Morgan fingerprint density at radius 1 is 1.09 bits per heavy atom. The Hall–Kier alpha value is -3.32. The maximum Gasteiger partial charge on any atom is 0.291 e. The normalized spacial score (nSPS) is 10.1. The predicted molar refractivity (Wildman–Crippen MR) is 86.4 cm³/mol. The molecule has 3 nitrogen and oxygen atoms in total. The Bertz CT molecular complexity index is 888. The van der Waals surface area contributed by atoms with Crippen molar-refractivity contribution in [1.82, 2.24) is 0 Å². The molecule has 2 aromatic carbocycles. The maximum atomic E-state index is 12.9. The minimum Gasteiger partial charge on any atom is -0.451 e. The standard InChI is InChI=1S/C19H12FNO2/c1-2-13-4-3-5-16(12-13)21-19(22)18-11-10-17(23-18)14-6-8-15(20)9-7-14/h1,3-12H,(H,21,22). The van der Waals surface area contributed by atoms with E-state index in [0.717, 1.165) is 0 Å². The summed E-state index contributed by atoms with van der Waals surface area (Å²) in [6.45, 7) is 0. The van der Waals surface area contributed by atoms with Crippen molar-refractivity contribution in [2.45, 2.75) is 0 Å². The van der Waals surface area contributed by atoms with E-state index in [-0.39, 0.29) is 17.5 Å². The highest BCUT2D eigenvalue weighted by atomic mass is 19.1. The van der Waals surface area contributed by atoms with Crippen LogP contribution in [-0.2, 0) is 0 Å². The van der Waals surface area contributed by atoms with E-state index in [1.54, 1.807) is 48.5 Å². The number of nitrogens with one attached hydrogen (secondary N) is 1. The zero-order valence-electron chi connectivity index (χ0n) is 12.0. The van der Waals surface area contributed by atoms with Gasteiger partial charge >= 0.3 is 0 Å². The van der Waals surface area contributed by atoms with Gasteiger partial charge in [0.05, 0.1) is 0 Å². The van der Waals surface area contributed by atoms with Gasteiger partial charge in [-0.15, -0.1) is 6.42 Å². The minimum atomic E-state index is -0.382. The number of rotatable bonds is 3. The molecule has 0 spiro atoms. The summed E-state index contributed by atoms with van der Waals surface area (Å²) in [6.07, 6.45) is 5.33. The molecule has 112 valence electrons. The molecular formula is C19H12FNO2. The van der Waals surface area contributed by atoms with Crippen LogP contribution in [-0.4, -0.2) is 5.91 Å². The molecule has 3 aromatic rings. The van der Waals surface area contributed by atoms with Crippen LogP contribution < -0.4 is 5.32 Å². The molecule has 3 rings (SSSR count). The molecule has 0 saturated heterocycles. The summed E-state index contributed by atoms with van der Waals surface area (Å²) in [7, 11) is 0. The minimum absolute atomic E-state index is 0.162. The first kappa shape index (κ1) is 14.6. The Morgan fingerprint density at radius 3 is 2.61 bits per heavy atom. The van der Waals surface area contributed by atoms with Crippen LogP contribution in [0.15, 0.2) is 65.1 Å². The molecule has 0 aliphatic carbocycles. The molecular weight excluding hydrogens is 293 g/mol. The number of carbonyl (C=O) groups excluding carboxylic acids is 1. The zero-order chi connectivity index (χ0) is 16.2. The van der Waals surface area contributed by atoms with Crippen molar-refractivity contribution in [3.05, 3.63) is 77.8 Å². The Kier molecular flexibility index (Phi) is 3.94. The monoisotopic (exact) mass is 305 g/mol.